The summed E-state index contributed by atoms with van der Waals surface area (Å²) in [6.07, 6.45) is 2.94. The van der Waals surface area contributed by atoms with Gasteiger partial charge in [-0.1, -0.05) is 12.1 Å². The quantitative estimate of drug-likeness (QED) is 0.487. The molecule has 1 aromatic carbocycles. The van der Waals surface area contributed by atoms with Gasteiger partial charge in [0.15, 0.2) is 5.78 Å². The predicted molar refractivity (Wildman–Crippen MR) is 74.8 cm³/mol. The van der Waals surface area contributed by atoms with Crippen LogP contribution < -0.4 is 0 Å². The number of hydrogen-bond donors (Lipinski definition) is 0. The maximum absolute atomic E-state index is 12.6. The summed E-state index contributed by atoms with van der Waals surface area (Å²) in [6, 6.07) is 9.40. The molecule has 21 heavy (non-hydrogen) atoms. The number of hydrogen-bond acceptors (Lipinski definition) is 5. The highest BCUT2D eigenvalue weighted by Crippen LogP contribution is 2.28. The maximum atomic E-state index is 12.6. The van der Waals surface area contributed by atoms with Crippen molar-refractivity contribution in [3.05, 3.63) is 69.5 Å². The zero-order chi connectivity index (χ0) is 15.4. The first-order valence-electron chi connectivity index (χ1n) is 6.14. The molecular weight excluding hydrogens is 270 g/mol. The summed E-state index contributed by atoms with van der Waals surface area (Å²) in [6.45, 7) is 1.61. The number of carbonyl (C=O) groups excluding carboxylic acids is 1. The molecule has 2 aromatic rings. The van der Waals surface area contributed by atoms with E-state index < -0.39 is 16.6 Å². The number of aromatic nitrogens is 1. The van der Waals surface area contributed by atoms with Gasteiger partial charge >= 0.3 is 0 Å². The number of nitro groups is 1. The largest absolute Gasteiger partial charge is 0.292 e. The van der Waals surface area contributed by atoms with E-state index in [1.54, 1.807) is 25.1 Å². The van der Waals surface area contributed by atoms with Crippen molar-refractivity contribution in [2.45, 2.75) is 12.8 Å². The number of rotatable bonds is 4. The van der Waals surface area contributed by atoms with Crippen LogP contribution >= 0.6 is 0 Å². The van der Waals surface area contributed by atoms with Crippen molar-refractivity contribution in [2.24, 2.45) is 0 Å². The fourth-order valence-electron chi connectivity index (χ4n) is 2.11. The third kappa shape index (κ3) is 2.77. The Morgan fingerprint density at radius 3 is 2.57 bits per heavy atom. The number of carbonyl (C=O) groups is 1. The molecule has 0 saturated carbocycles. The molecule has 0 N–H and O–H groups in total. The SMILES string of the molecule is Cc1cccc([N+](=O)[O-])c1C(=O)C(C#N)c1ccncc1. The average Bonchev–Trinajstić information content (AvgIpc) is 2.48. The topological polar surface area (TPSA) is 96.9 Å². The van der Waals surface area contributed by atoms with Crippen LogP contribution in [0.5, 0.6) is 0 Å². The van der Waals surface area contributed by atoms with E-state index >= 15 is 0 Å². The molecule has 2 rings (SSSR count). The molecule has 6 nitrogen and oxygen atoms in total. The van der Waals surface area contributed by atoms with Crippen LogP contribution in [0.2, 0.25) is 0 Å². The lowest BCUT2D eigenvalue weighted by molar-refractivity contribution is -0.385. The highest BCUT2D eigenvalue weighted by molar-refractivity contribution is 6.06. The molecule has 0 bridgehead atoms. The van der Waals surface area contributed by atoms with Crippen LogP contribution in [0.4, 0.5) is 5.69 Å². The van der Waals surface area contributed by atoms with E-state index in [0.29, 0.717) is 11.1 Å². The van der Waals surface area contributed by atoms with Crippen molar-refractivity contribution < 1.29 is 9.72 Å². The summed E-state index contributed by atoms with van der Waals surface area (Å²) in [5, 5.41) is 20.4. The third-order valence-electron chi connectivity index (χ3n) is 3.12. The molecule has 1 atom stereocenters. The van der Waals surface area contributed by atoms with Gasteiger partial charge in [0, 0.05) is 18.5 Å². The zero-order valence-electron chi connectivity index (χ0n) is 11.2. The van der Waals surface area contributed by atoms with Gasteiger partial charge in [0.2, 0.25) is 0 Å². The summed E-state index contributed by atoms with van der Waals surface area (Å²) < 4.78 is 0. The molecule has 0 aliphatic heterocycles. The minimum atomic E-state index is -1.09. The van der Waals surface area contributed by atoms with Crippen LogP contribution in [-0.4, -0.2) is 15.7 Å². The lowest BCUT2D eigenvalue weighted by Crippen LogP contribution is -2.14. The van der Waals surface area contributed by atoms with E-state index in [4.69, 9.17) is 0 Å². The fraction of sp³-hybridized carbons (Fsp3) is 0.133. The van der Waals surface area contributed by atoms with Crippen molar-refractivity contribution in [1.29, 1.82) is 5.26 Å². The lowest BCUT2D eigenvalue weighted by atomic mass is 9.89. The molecule has 1 unspecified atom stereocenters. The highest BCUT2D eigenvalue weighted by Gasteiger charge is 2.29. The molecular formula is C15H11N3O3. The van der Waals surface area contributed by atoms with E-state index in [-0.39, 0.29) is 11.3 Å². The van der Waals surface area contributed by atoms with Crippen LogP contribution in [0.1, 0.15) is 27.4 Å². The Morgan fingerprint density at radius 2 is 2.00 bits per heavy atom. The second-order valence-corrected chi connectivity index (χ2v) is 4.43. The van der Waals surface area contributed by atoms with Gasteiger partial charge < -0.3 is 0 Å². The number of nitriles is 1. The van der Waals surface area contributed by atoms with Crippen molar-refractivity contribution >= 4 is 11.5 Å². The number of benzene rings is 1. The first-order valence-corrected chi connectivity index (χ1v) is 6.14. The van der Waals surface area contributed by atoms with Gasteiger partial charge in [-0.05, 0) is 30.2 Å². The van der Waals surface area contributed by atoms with E-state index in [1.165, 1.54) is 24.5 Å². The molecule has 0 aliphatic rings. The van der Waals surface area contributed by atoms with Gasteiger partial charge in [0.1, 0.15) is 5.92 Å². The minimum Gasteiger partial charge on any atom is -0.292 e. The van der Waals surface area contributed by atoms with Crippen LogP contribution in [0.25, 0.3) is 0 Å². The molecule has 1 heterocycles. The molecule has 6 heteroatoms. The van der Waals surface area contributed by atoms with Crippen molar-refractivity contribution in [3.8, 4) is 6.07 Å². The minimum absolute atomic E-state index is 0.0223. The first-order chi connectivity index (χ1) is 10.1. The van der Waals surface area contributed by atoms with Gasteiger partial charge in [0.05, 0.1) is 16.6 Å². The molecule has 0 fully saturated rings. The Balaban J connectivity index is 2.54. The average molecular weight is 281 g/mol. The monoisotopic (exact) mass is 281 g/mol. The first kappa shape index (κ1) is 14.3. The van der Waals surface area contributed by atoms with Crippen LogP contribution in [0.15, 0.2) is 42.7 Å². The van der Waals surface area contributed by atoms with Crippen LogP contribution in [-0.2, 0) is 0 Å². The predicted octanol–water partition coefficient (Wildman–Crippen LogP) is 2.79. The second kappa shape index (κ2) is 5.92. The molecule has 1 aromatic heterocycles. The Kier molecular flexibility index (Phi) is 4.05. The van der Waals surface area contributed by atoms with E-state index in [1.807, 2.05) is 6.07 Å². The smallest absolute Gasteiger partial charge is 0.280 e. The van der Waals surface area contributed by atoms with Crippen LogP contribution in [0.3, 0.4) is 0 Å². The maximum Gasteiger partial charge on any atom is 0.280 e. The summed E-state index contributed by atoms with van der Waals surface area (Å²) in [5.74, 6) is -1.67. The van der Waals surface area contributed by atoms with Gasteiger partial charge in [-0.3, -0.25) is 19.9 Å². The normalized spacial score (nSPS) is 11.4. The Labute approximate surface area is 120 Å². The van der Waals surface area contributed by atoms with E-state index in [2.05, 4.69) is 4.98 Å². The van der Waals surface area contributed by atoms with E-state index in [9.17, 15) is 20.2 Å². The molecule has 0 aliphatic carbocycles. The van der Waals surface area contributed by atoms with Gasteiger partial charge in [0.25, 0.3) is 5.69 Å². The van der Waals surface area contributed by atoms with Gasteiger partial charge in [-0.25, -0.2) is 0 Å². The molecule has 0 saturated heterocycles. The van der Waals surface area contributed by atoms with Gasteiger partial charge in [-0.2, -0.15) is 5.26 Å². The summed E-state index contributed by atoms with van der Waals surface area (Å²) in [4.78, 5) is 26.9. The summed E-state index contributed by atoms with van der Waals surface area (Å²) in [7, 11) is 0. The lowest BCUT2D eigenvalue weighted by Gasteiger charge is -2.10. The van der Waals surface area contributed by atoms with E-state index in [0.717, 1.165) is 0 Å². The second-order valence-electron chi connectivity index (χ2n) is 4.43. The molecule has 0 amide bonds. The molecule has 104 valence electrons. The Morgan fingerprint density at radius 1 is 1.33 bits per heavy atom. The number of Topliss-reactive ketones (excluding diaryl/α,β-unsaturated/α-hetero) is 1. The van der Waals surface area contributed by atoms with Crippen molar-refractivity contribution in [2.75, 3.05) is 0 Å². The van der Waals surface area contributed by atoms with Crippen LogP contribution in [0, 0.1) is 28.4 Å². The zero-order valence-corrected chi connectivity index (χ0v) is 11.2. The van der Waals surface area contributed by atoms with Crippen molar-refractivity contribution in [1.82, 2.24) is 4.98 Å². The third-order valence-corrected chi connectivity index (χ3v) is 3.12. The summed E-state index contributed by atoms with van der Waals surface area (Å²) >= 11 is 0. The number of aryl methyl sites for hydroxylation is 1. The number of pyridine rings is 1. The van der Waals surface area contributed by atoms with Crippen molar-refractivity contribution in [3.63, 3.8) is 0 Å². The number of ketones is 1. The number of nitro benzene ring substituents is 1. The van der Waals surface area contributed by atoms with Gasteiger partial charge in [-0.15, -0.1) is 0 Å². The Bertz CT molecular complexity index is 736. The molecule has 0 spiro atoms. The highest BCUT2D eigenvalue weighted by atomic mass is 16.6. The number of nitrogens with zero attached hydrogens (tertiary/aromatic N) is 3. The standard InChI is InChI=1S/C15H11N3O3/c1-10-3-2-4-13(18(20)21)14(10)15(19)12(9-16)11-5-7-17-8-6-11/h2-8,12H,1H3. The fourth-order valence-corrected chi connectivity index (χ4v) is 2.11. The molecule has 0 radical (unpaired) electrons. The summed E-state index contributed by atoms with van der Waals surface area (Å²) in [5.41, 5.74) is 0.638. The Hall–Kier alpha value is -3.07.